The lowest BCUT2D eigenvalue weighted by Crippen LogP contribution is -2.26. The van der Waals surface area contributed by atoms with Gasteiger partial charge in [-0.1, -0.05) is 19.3 Å². The van der Waals surface area contributed by atoms with E-state index >= 15 is 0 Å². The van der Waals surface area contributed by atoms with Crippen LogP contribution in [0.1, 0.15) is 50.8 Å². The lowest BCUT2D eigenvalue weighted by Gasteiger charge is -2.28. The van der Waals surface area contributed by atoms with Crippen molar-refractivity contribution in [2.24, 2.45) is 5.92 Å². The third-order valence-corrected chi connectivity index (χ3v) is 5.15. The molecule has 1 heterocycles. The van der Waals surface area contributed by atoms with Gasteiger partial charge in [0.2, 0.25) is 0 Å². The molecule has 1 saturated carbocycles. The maximum Gasteiger partial charge on any atom is 0.178 e. The standard InChI is InChI=1S/C16H25N3OS/c1-11(2)20-15-14(18)13(9-17)21-16(15)19(3)10-12-7-5-4-6-8-12/h11-12H,4-8,10,18H2,1-3H3. The van der Waals surface area contributed by atoms with Crippen molar-refractivity contribution in [3.63, 3.8) is 0 Å². The van der Waals surface area contributed by atoms with E-state index in [1.807, 2.05) is 13.8 Å². The van der Waals surface area contributed by atoms with Crippen LogP contribution in [0.15, 0.2) is 0 Å². The zero-order chi connectivity index (χ0) is 15.4. The first kappa shape index (κ1) is 16.0. The molecule has 0 unspecified atom stereocenters. The summed E-state index contributed by atoms with van der Waals surface area (Å²) in [6.07, 6.45) is 6.70. The number of ether oxygens (including phenoxy) is 1. The molecule has 0 aromatic carbocycles. The Bertz CT molecular complexity index is 512. The average molecular weight is 307 g/mol. The molecule has 1 aromatic heterocycles. The molecule has 1 fully saturated rings. The van der Waals surface area contributed by atoms with Crippen LogP contribution >= 0.6 is 11.3 Å². The number of nitrogens with zero attached hydrogens (tertiary/aromatic N) is 2. The predicted molar refractivity (Wildman–Crippen MR) is 89.1 cm³/mol. The second kappa shape index (κ2) is 7.04. The lowest BCUT2D eigenvalue weighted by atomic mass is 9.89. The summed E-state index contributed by atoms with van der Waals surface area (Å²) in [5.74, 6) is 1.43. The molecule has 1 aromatic rings. The molecule has 0 amide bonds. The summed E-state index contributed by atoms with van der Waals surface area (Å²) in [5.41, 5.74) is 6.56. The minimum Gasteiger partial charge on any atom is -0.486 e. The molecule has 2 rings (SSSR count). The Morgan fingerprint density at radius 2 is 2.05 bits per heavy atom. The molecule has 0 atom stereocenters. The number of hydrogen-bond acceptors (Lipinski definition) is 5. The second-order valence-electron chi connectivity index (χ2n) is 6.14. The fourth-order valence-corrected chi connectivity index (χ4v) is 3.86. The van der Waals surface area contributed by atoms with E-state index in [0.29, 0.717) is 16.3 Å². The molecule has 0 radical (unpaired) electrons. The Labute approximate surface area is 131 Å². The highest BCUT2D eigenvalue weighted by molar-refractivity contribution is 7.17. The van der Waals surface area contributed by atoms with Crippen molar-refractivity contribution in [3.05, 3.63) is 4.88 Å². The first-order chi connectivity index (χ1) is 10.0. The van der Waals surface area contributed by atoms with Gasteiger partial charge in [-0.15, -0.1) is 11.3 Å². The van der Waals surface area contributed by atoms with E-state index < -0.39 is 0 Å². The van der Waals surface area contributed by atoms with Gasteiger partial charge in [0.15, 0.2) is 5.75 Å². The molecule has 1 aliphatic carbocycles. The van der Waals surface area contributed by atoms with Crippen molar-refractivity contribution in [2.45, 2.75) is 52.1 Å². The lowest BCUT2D eigenvalue weighted by molar-refractivity contribution is 0.245. The van der Waals surface area contributed by atoms with Gasteiger partial charge in [-0.2, -0.15) is 5.26 Å². The highest BCUT2D eigenvalue weighted by atomic mass is 32.1. The van der Waals surface area contributed by atoms with Crippen molar-refractivity contribution < 1.29 is 4.74 Å². The van der Waals surface area contributed by atoms with Crippen LogP contribution in [0.2, 0.25) is 0 Å². The number of rotatable bonds is 5. The number of anilines is 2. The summed E-state index contributed by atoms with van der Waals surface area (Å²) < 4.78 is 5.86. The van der Waals surface area contributed by atoms with Gasteiger partial charge < -0.3 is 15.4 Å². The van der Waals surface area contributed by atoms with Gasteiger partial charge in [0.05, 0.1) is 6.10 Å². The molecule has 4 nitrogen and oxygen atoms in total. The summed E-state index contributed by atoms with van der Waals surface area (Å²) in [7, 11) is 2.08. The summed E-state index contributed by atoms with van der Waals surface area (Å²) >= 11 is 1.44. The maximum atomic E-state index is 9.20. The summed E-state index contributed by atoms with van der Waals surface area (Å²) in [6, 6.07) is 2.17. The van der Waals surface area contributed by atoms with E-state index in [1.54, 1.807) is 0 Å². The largest absolute Gasteiger partial charge is 0.486 e. The number of thiophene rings is 1. The molecule has 21 heavy (non-hydrogen) atoms. The number of nitriles is 1. The quantitative estimate of drug-likeness (QED) is 0.893. The van der Waals surface area contributed by atoms with Gasteiger partial charge in [-0.05, 0) is 32.6 Å². The monoisotopic (exact) mass is 307 g/mol. The third-order valence-electron chi connectivity index (χ3n) is 3.94. The zero-order valence-corrected chi connectivity index (χ0v) is 14.0. The number of nitrogen functional groups attached to an aromatic ring is 1. The van der Waals surface area contributed by atoms with Crippen LogP contribution in [0, 0.1) is 17.2 Å². The topological polar surface area (TPSA) is 62.3 Å². The van der Waals surface area contributed by atoms with Crippen LogP contribution in [0.5, 0.6) is 5.75 Å². The SMILES string of the molecule is CC(C)Oc1c(N(C)CC2CCCCC2)sc(C#N)c1N. The summed E-state index contributed by atoms with van der Waals surface area (Å²) in [6.45, 7) is 4.97. The van der Waals surface area contributed by atoms with Gasteiger partial charge in [-0.3, -0.25) is 0 Å². The zero-order valence-electron chi connectivity index (χ0n) is 13.2. The predicted octanol–water partition coefficient (Wildman–Crippen LogP) is 4.01. The smallest absolute Gasteiger partial charge is 0.178 e. The van der Waals surface area contributed by atoms with Gasteiger partial charge in [0, 0.05) is 13.6 Å². The fourth-order valence-electron chi connectivity index (χ4n) is 2.94. The third kappa shape index (κ3) is 3.82. The average Bonchev–Trinajstić information content (AvgIpc) is 2.76. The molecule has 1 aliphatic rings. The highest BCUT2D eigenvalue weighted by Gasteiger charge is 2.23. The van der Waals surface area contributed by atoms with Crippen molar-refractivity contribution >= 4 is 22.0 Å². The van der Waals surface area contributed by atoms with Gasteiger partial charge in [0.25, 0.3) is 0 Å². The molecule has 0 aliphatic heterocycles. The highest BCUT2D eigenvalue weighted by Crippen LogP contribution is 2.45. The van der Waals surface area contributed by atoms with Crippen LogP contribution in [-0.2, 0) is 0 Å². The Hall–Kier alpha value is -1.41. The van der Waals surface area contributed by atoms with Gasteiger partial charge in [-0.25, -0.2) is 0 Å². The molecule has 0 saturated heterocycles. The Morgan fingerprint density at radius 1 is 1.38 bits per heavy atom. The van der Waals surface area contributed by atoms with Crippen LogP contribution in [-0.4, -0.2) is 19.7 Å². The minimum atomic E-state index is 0.0512. The summed E-state index contributed by atoms with van der Waals surface area (Å²) in [4.78, 5) is 2.77. The fraction of sp³-hybridized carbons (Fsp3) is 0.688. The van der Waals surface area contributed by atoms with E-state index in [0.717, 1.165) is 17.5 Å². The molecule has 0 spiro atoms. The number of nitrogens with two attached hydrogens (primary N) is 1. The van der Waals surface area contributed by atoms with Crippen LogP contribution < -0.4 is 15.4 Å². The first-order valence-corrected chi connectivity index (χ1v) is 8.54. The molecule has 0 bridgehead atoms. The van der Waals surface area contributed by atoms with Gasteiger partial charge >= 0.3 is 0 Å². The molecular formula is C16H25N3OS. The Kier molecular flexibility index (Phi) is 5.35. The van der Waals surface area contributed by atoms with Crippen molar-refractivity contribution in [3.8, 4) is 11.8 Å². The maximum absolute atomic E-state index is 9.20. The van der Waals surface area contributed by atoms with E-state index in [2.05, 4.69) is 18.0 Å². The van der Waals surface area contributed by atoms with E-state index in [1.165, 1.54) is 43.4 Å². The van der Waals surface area contributed by atoms with E-state index in [-0.39, 0.29) is 6.10 Å². The first-order valence-electron chi connectivity index (χ1n) is 7.73. The Morgan fingerprint density at radius 3 is 2.62 bits per heavy atom. The minimum absolute atomic E-state index is 0.0512. The molecular weight excluding hydrogens is 282 g/mol. The van der Waals surface area contributed by atoms with Gasteiger partial charge in [0.1, 0.15) is 21.6 Å². The second-order valence-corrected chi connectivity index (χ2v) is 7.14. The van der Waals surface area contributed by atoms with E-state index in [4.69, 9.17) is 10.5 Å². The molecule has 5 heteroatoms. The van der Waals surface area contributed by atoms with Crippen LogP contribution in [0.3, 0.4) is 0 Å². The molecule has 116 valence electrons. The van der Waals surface area contributed by atoms with Crippen molar-refractivity contribution in [1.82, 2.24) is 0 Å². The summed E-state index contributed by atoms with van der Waals surface area (Å²) in [5, 5.41) is 10.2. The van der Waals surface area contributed by atoms with Crippen LogP contribution in [0.25, 0.3) is 0 Å². The normalized spacial score (nSPS) is 16.0. The van der Waals surface area contributed by atoms with Crippen LogP contribution in [0.4, 0.5) is 10.7 Å². The Balaban J connectivity index is 2.18. The van der Waals surface area contributed by atoms with Crippen molar-refractivity contribution in [1.29, 1.82) is 5.26 Å². The molecule has 2 N–H and O–H groups in total. The van der Waals surface area contributed by atoms with E-state index in [9.17, 15) is 5.26 Å². The number of hydrogen-bond donors (Lipinski definition) is 1. The van der Waals surface area contributed by atoms with Crippen molar-refractivity contribution in [2.75, 3.05) is 24.2 Å².